The van der Waals surface area contributed by atoms with E-state index in [2.05, 4.69) is 0 Å². The molecule has 2 heteroatoms. The number of hydrogen-bond donors (Lipinski definition) is 0. The van der Waals surface area contributed by atoms with Gasteiger partial charge < -0.3 is 12.6 Å². The van der Waals surface area contributed by atoms with Crippen LogP contribution in [0.4, 0.5) is 0 Å². The zero-order valence-electron chi connectivity index (χ0n) is 4.91. The zero-order chi connectivity index (χ0) is 4.50. The quantitative estimate of drug-likeness (QED) is 0.278. The average Bonchev–Trinajstić information content (AvgIpc) is 0.722. The third-order valence-electron chi connectivity index (χ3n) is 0. The first kappa shape index (κ1) is 10.9. The maximum Gasteiger partial charge on any atom is 1.00 e. The Balaban J connectivity index is 0. The molecular formula is C4H9KS. The maximum atomic E-state index is 4.83. The molecule has 0 N–H and O–H groups in total. The van der Waals surface area contributed by atoms with Gasteiger partial charge in [-0.3, -0.25) is 0 Å². The molecule has 0 atom stereocenters. The summed E-state index contributed by atoms with van der Waals surface area (Å²) >= 11 is 4.83. The van der Waals surface area contributed by atoms with Crippen LogP contribution in [0.25, 0.3) is 0 Å². The largest absolute Gasteiger partial charge is 1.00 e. The van der Waals surface area contributed by atoms with Crippen molar-refractivity contribution in [2.24, 2.45) is 0 Å². The van der Waals surface area contributed by atoms with Crippen molar-refractivity contribution in [2.45, 2.75) is 25.5 Å². The molecule has 0 fully saturated rings. The van der Waals surface area contributed by atoms with Crippen molar-refractivity contribution in [3.63, 3.8) is 0 Å². The number of hydrogen-bond acceptors (Lipinski definition) is 1. The summed E-state index contributed by atoms with van der Waals surface area (Å²) in [5, 5.41) is 0. The van der Waals surface area contributed by atoms with Crippen LogP contribution < -0.4 is 51.4 Å². The summed E-state index contributed by atoms with van der Waals surface area (Å²) < 4.78 is 0.0833. The molecule has 0 amide bonds. The SMILES string of the molecule is CC(C)(C)[S-].[K+]. The first-order chi connectivity index (χ1) is 2.00. The summed E-state index contributed by atoms with van der Waals surface area (Å²) in [4.78, 5) is 0. The smallest absolute Gasteiger partial charge is 0.787 e. The van der Waals surface area contributed by atoms with Crippen molar-refractivity contribution in [3.8, 4) is 0 Å². The standard InChI is InChI=1S/C4H10S.K/c1-4(2,3)5;/h5H,1-3H3;/q;+1/p-1. The third kappa shape index (κ3) is 37.7. The van der Waals surface area contributed by atoms with Crippen LogP contribution in [0.5, 0.6) is 0 Å². The normalized spacial score (nSPS) is 10.0. The minimum Gasteiger partial charge on any atom is -0.787 e. The van der Waals surface area contributed by atoms with Gasteiger partial charge in [0.2, 0.25) is 0 Å². The first-order valence-electron chi connectivity index (χ1n) is 1.70. The Labute approximate surface area is 87.9 Å². The van der Waals surface area contributed by atoms with E-state index in [9.17, 15) is 0 Å². The zero-order valence-corrected chi connectivity index (χ0v) is 8.85. The molecule has 0 aliphatic heterocycles. The van der Waals surface area contributed by atoms with Gasteiger partial charge in [-0.15, -0.1) is 0 Å². The first-order valence-corrected chi connectivity index (χ1v) is 2.11. The minimum absolute atomic E-state index is 0. The predicted octanol–water partition coefficient (Wildman–Crippen LogP) is -1.66. The van der Waals surface area contributed by atoms with E-state index in [4.69, 9.17) is 12.6 Å². The van der Waals surface area contributed by atoms with Crippen LogP contribution in [0.15, 0.2) is 0 Å². The van der Waals surface area contributed by atoms with Crippen molar-refractivity contribution in [2.75, 3.05) is 0 Å². The van der Waals surface area contributed by atoms with Gasteiger partial charge in [-0.25, -0.2) is 0 Å². The molecule has 0 heterocycles. The second-order valence-corrected chi connectivity index (χ2v) is 3.34. The second-order valence-electron chi connectivity index (χ2n) is 2.11. The molecule has 0 saturated carbocycles. The van der Waals surface area contributed by atoms with Crippen LogP contribution in [0.3, 0.4) is 0 Å². The van der Waals surface area contributed by atoms with Gasteiger partial charge in [0.05, 0.1) is 0 Å². The Hall–Kier alpha value is 1.99. The Morgan fingerprint density at radius 1 is 1.17 bits per heavy atom. The molecule has 0 aliphatic rings. The van der Waals surface area contributed by atoms with Gasteiger partial charge in [0, 0.05) is 0 Å². The summed E-state index contributed by atoms with van der Waals surface area (Å²) in [5.41, 5.74) is 0. The van der Waals surface area contributed by atoms with E-state index in [1.165, 1.54) is 0 Å². The number of rotatable bonds is 0. The Morgan fingerprint density at radius 3 is 1.17 bits per heavy atom. The van der Waals surface area contributed by atoms with Crippen molar-refractivity contribution in [3.05, 3.63) is 0 Å². The fourth-order valence-electron chi connectivity index (χ4n) is 0. The Kier molecular flexibility index (Phi) is 7.12. The van der Waals surface area contributed by atoms with Crippen LogP contribution in [0.2, 0.25) is 0 Å². The summed E-state index contributed by atoms with van der Waals surface area (Å²) in [7, 11) is 0. The molecular weight excluding hydrogens is 119 g/mol. The van der Waals surface area contributed by atoms with E-state index in [0.29, 0.717) is 0 Å². The third-order valence-corrected chi connectivity index (χ3v) is 0. The maximum absolute atomic E-state index is 4.83. The predicted molar refractivity (Wildman–Crippen MR) is 27.1 cm³/mol. The molecule has 0 aliphatic carbocycles. The fraction of sp³-hybridized carbons (Fsp3) is 1.00. The summed E-state index contributed by atoms with van der Waals surface area (Å²) in [6.45, 7) is 6.01. The molecule has 0 saturated heterocycles. The van der Waals surface area contributed by atoms with E-state index in [1.807, 2.05) is 20.8 Å². The molecule has 0 aromatic carbocycles. The fourth-order valence-corrected chi connectivity index (χ4v) is 0. The van der Waals surface area contributed by atoms with Crippen LogP contribution in [0, 0.1) is 0 Å². The molecule has 6 heavy (non-hydrogen) atoms. The van der Waals surface area contributed by atoms with Gasteiger partial charge in [-0.2, -0.15) is 4.75 Å². The van der Waals surface area contributed by atoms with E-state index in [-0.39, 0.29) is 56.1 Å². The molecule has 0 rings (SSSR count). The van der Waals surface area contributed by atoms with Crippen LogP contribution in [-0.2, 0) is 12.6 Å². The van der Waals surface area contributed by atoms with Crippen molar-refractivity contribution < 1.29 is 51.4 Å². The van der Waals surface area contributed by atoms with Crippen molar-refractivity contribution in [1.82, 2.24) is 0 Å². The van der Waals surface area contributed by atoms with E-state index in [1.54, 1.807) is 0 Å². The molecule has 0 radical (unpaired) electrons. The summed E-state index contributed by atoms with van der Waals surface area (Å²) in [6.07, 6.45) is 0. The monoisotopic (exact) mass is 128 g/mol. The van der Waals surface area contributed by atoms with Crippen LogP contribution >= 0.6 is 0 Å². The van der Waals surface area contributed by atoms with Gasteiger partial charge in [0.15, 0.2) is 0 Å². The topological polar surface area (TPSA) is 0 Å². The Bertz CT molecular complexity index is 23.0. The van der Waals surface area contributed by atoms with E-state index < -0.39 is 0 Å². The summed E-state index contributed by atoms with van der Waals surface area (Å²) in [6, 6.07) is 0. The van der Waals surface area contributed by atoms with Crippen LogP contribution in [-0.4, -0.2) is 4.75 Å². The van der Waals surface area contributed by atoms with Crippen molar-refractivity contribution in [1.29, 1.82) is 0 Å². The van der Waals surface area contributed by atoms with E-state index >= 15 is 0 Å². The van der Waals surface area contributed by atoms with Crippen LogP contribution in [0.1, 0.15) is 20.8 Å². The molecule has 0 bridgehead atoms. The molecule has 0 spiro atoms. The molecule has 32 valence electrons. The molecule has 0 aromatic heterocycles. The van der Waals surface area contributed by atoms with Gasteiger partial charge >= 0.3 is 51.4 Å². The average molecular weight is 128 g/mol. The summed E-state index contributed by atoms with van der Waals surface area (Å²) in [5.74, 6) is 0. The minimum atomic E-state index is 0. The molecule has 0 nitrogen and oxygen atoms in total. The van der Waals surface area contributed by atoms with Gasteiger partial charge in [0.25, 0.3) is 0 Å². The Morgan fingerprint density at radius 2 is 1.17 bits per heavy atom. The van der Waals surface area contributed by atoms with Gasteiger partial charge in [-0.05, 0) is 0 Å². The second kappa shape index (κ2) is 3.93. The van der Waals surface area contributed by atoms with Crippen molar-refractivity contribution >= 4 is 12.6 Å². The molecule has 0 aromatic rings. The van der Waals surface area contributed by atoms with Gasteiger partial charge in [0.1, 0.15) is 0 Å². The van der Waals surface area contributed by atoms with Gasteiger partial charge in [-0.1, -0.05) is 20.8 Å². The van der Waals surface area contributed by atoms with E-state index in [0.717, 1.165) is 0 Å². The molecule has 0 unspecified atom stereocenters.